The molecule has 1 rings (SSSR count). The van der Waals surface area contributed by atoms with Gasteiger partial charge in [0, 0.05) is 10.9 Å². The Morgan fingerprint density at radius 3 is 3.00 bits per heavy atom. The number of carbonyl (C=O) groups is 1. The fraction of sp³-hybridized carbons (Fsp3) is 0.286. The number of hydrogen-bond donors (Lipinski definition) is 1. The summed E-state index contributed by atoms with van der Waals surface area (Å²) in [4.78, 5) is 11.1. The van der Waals surface area contributed by atoms with Gasteiger partial charge in [0.25, 0.3) is 0 Å². The van der Waals surface area contributed by atoms with Gasteiger partial charge >= 0.3 is 0 Å². The Bertz CT molecular complexity index is 259. The first-order valence-corrected chi connectivity index (χ1v) is 4.41. The van der Waals surface area contributed by atoms with Gasteiger partial charge in [-0.15, -0.1) is 11.3 Å². The fourth-order valence-electron chi connectivity index (χ4n) is 0.719. The second-order valence-electron chi connectivity index (χ2n) is 2.09. The second kappa shape index (κ2) is 3.85. The van der Waals surface area contributed by atoms with E-state index >= 15 is 0 Å². The molecule has 0 aliphatic carbocycles. The highest BCUT2D eigenvalue weighted by molar-refractivity contribution is 7.14. The third kappa shape index (κ3) is 2.29. The molecule has 0 saturated carbocycles. The van der Waals surface area contributed by atoms with Gasteiger partial charge in [0.05, 0.1) is 10.9 Å². The molecule has 0 bridgehead atoms. The summed E-state index contributed by atoms with van der Waals surface area (Å²) in [5, 5.41) is 4.55. The van der Waals surface area contributed by atoms with E-state index < -0.39 is 0 Å². The largest absolute Gasteiger partial charge is 0.313 e. The van der Waals surface area contributed by atoms with Crippen LogP contribution in [0.15, 0.2) is 11.4 Å². The summed E-state index contributed by atoms with van der Waals surface area (Å²) in [6.07, 6.45) is 0. The van der Waals surface area contributed by atoms with Crippen LogP contribution in [0.25, 0.3) is 0 Å². The normalized spacial score (nSPS) is 10.0. The predicted molar refractivity (Wildman–Crippen MR) is 47.6 cm³/mol. The van der Waals surface area contributed by atoms with Gasteiger partial charge < -0.3 is 5.32 Å². The van der Waals surface area contributed by atoms with Gasteiger partial charge in [-0.3, -0.25) is 4.79 Å². The summed E-state index contributed by atoms with van der Waals surface area (Å²) in [7, 11) is 1.74. The molecule has 0 radical (unpaired) electrons. The molecule has 0 atom stereocenters. The van der Waals surface area contributed by atoms with E-state index in [2.05, 4.69) is 5.32 Å². The third-order valence-corrected chi connectivity index (χ3v) is 2.32. The summed E-state index contributed by atoms with van der Waals surface area (Å²) >= 11 is 7.03. The minimum absolute atomic E-state index is 0.0793. The lowest BCUT2D eigenvalue weighted by Gasteiger charge is -1.93. The Morgan fingerprint density at radius 1 is 1.82 bits per heavy atom. The van der Waals surface area contributed by atoms with Gasteiger partial charge in [0.1, 0.15) is 0 Å². The molecule has 2 nitrogen and oxygen atoms in total. The number of thiophene rings is 1. The van der Waals surface area contributed by atoms with Crippen LogP contribution in [0.5, 0.6) is 0 Å². The van der Waals surface area contributed by atoms with E-state index in [1.54, 1.807) is 18.5 Å². The number of carbonyl (C=O) groups excluding carboxylic acids is 1. The number of ketones is 1. The number of hydrogen-bond acceptors (Lipinski definition) is 3. The van der Waals surface area contributed by atoms with Crippen molar-refractivity contribution in [1.29, 1.82) is 0 Å². The molecule has 0 spiro atoms. The van der Waals surface area contributed by atoms with Crippen LogP contribution in [0.2, 0.25) is 4.34 Å². The summed E-state index contributed by atoms with van der Waals surface area (Å²) in [5.74, 6) is 0.0793. The average molecular weight is 190 g/mol. The van der Waals surface area contributed by atoms with E-state index in [0.717, 1.165) is 0 Å². The van der Waals surface area contributed by atoms with E-state index in [-0.39, 0.29) is 5.78 Å². The van der Waals surface area contributed by atoms with E-state index in [1.165, 1.54) is 11.3 Å². The Kier molecular flexibility index (Phi) is 3.05. The molecule has 0 aliphatic heterocycles. The van der Waals surface area contributed by atoms with Gasteiger partial charge in [-0.25, -0.2) is 0 Å². The summed E-state index contributed by atoms with van der Waals surface area (Å²) in [6, 6.07) is 1.69. The smallest absolute Gasteiger partial charge is 0.177 e. The van der Waals surface area contributed by atoms with Crippen molar-refractivity contribution < 1.29 is 4.79 Å². The molecular formula is C7H8ClNOS. The topological polar surface area (TPSA) is 29.1 Å². The maximum atomic E-state index is 11.1. The zero-order valence-electron chi connectivity index (χ0n) is 6.06. The maximum absolute atomic E-state index is 11.1. The van der Waals surface area contributed by atoms with Crippen molar-refractivity contribution in [1.82, 2.24) is 5.32 Å². The number of rotatable bonds is 3. The van der Waals surface area contributed by atoms with Crippen molar-refractivity contribution in [2.45, 2.75) is 0 Å². The first-order chi connectivity index (χ1) is 5.24. The fourth-order valence-corrected chi connectivity index (χ4v) is 1.60. The molecule has 0 amide bonds. The average Bonchev–Trinajstić information content (AvgIpc) is 2.36. The molecule has 0 unspecified atom stereocenters. The highest BCUT2D eigenvalue weighted by atomic mass is 35.5. The molecule has 60 valence electrons. The SMILES string of the molecule is CNCC(=O)c1csc(Cl)c1. The molecule has 11 heavy (non-hydrogen) atoms. The van der Waals surface area contributed by atoms with Crippen LogP contribution in [0, 0.1) is 0 Å². The zero-order chi connectivity index (χ0) is 8.27. The predicted octanol–water partition coefficient (Wildman–Crippen LogP) is 1.80. The van der Waals surface area contributed by atoms with E-state index in [9.17, 15) is 4.79 Å². The van der Waals surface area contributed by atoms with Crippen LogP contribution in [0.4, 0.5) is 0 Å². The summed E-state index contributed by atoms with van der Waals surface area (Å²) in [6.45, 7) is 0.368. The lowest BCUT2D eigenvalue weighted by molar-refractivity contribution is 0.0994. The molecule has 0 fully saturated rings. The Labute approximate surface area is 74.2 Å². The lowest BCUT2D eigenvalue weighted by atomic mass is 10.2. The Balaban J connectivity index is 2.69. The van der Waals surface area contributed by atoms with Gasteiger partial charge in [-0.1, -0.05) is 11.6 Å². The van der Waals surface area contributed by atoms with Crippen LogP contribution in [-0.2, 0) is 0 Å². The minimum Gasteiger partial charge on any atom is -0.313 e. The van der Waals surface area contributed by atoms with E-state index in [4.69, 9.17) is 11.6 Å². The third-order valence-electron chi connectivity index (χ3n) is 1.23. The number of Topliss-reactive ketones (excluding diaryl/α,β-unsaturated/α-hetero) is 1. The minimum atomic E-state index is 0.0793. The van der Waals surface area contributed by atoms with Crippen molar-refractivity contribution in [3.63, 3.8) is 0 Å². The molecule has 0 aliphatic rings. The highest BCUT2D eigenvalue weighted by Gasteiger charge is 2.05. The van der Waals surface area contributed by atoms with Crippen molar-refractivity contribution in [2.24, 2.45) is 0 Å². The van der Waals surface area contributed by atoms with E-state index in [0.29, 0.717) is 16.4 Å². The molecule has 1 heterocycles. The standard InChI is InChI=1S/C7H8ClNOS/c1-9-3-6(10)5-2-7(8)11-4-5/h2,4,9H,3H2,1H3. The van der Waals surface area contributed by atoms with Gasteiger partial charge in [0.15, 0.2) is 5.78 Å². The molecular weight excluding hydrogens is 182 g/mol. The van der Waals surface area contributed by atoms with Gasteiger partial charge in [-0.05, 0) is 13.1 Å². The van der Waals surface area contributed by atoms with Gasteiger partial charge in [0.2, 0.25) is 0 Å². The summed E-state index contributed by atoms with van der Waals surface area (Å²) in [5.41, 5.74) is 0.689. The van der Waals surface area contributed by atoms with Crippen molar-refractivity contribution >= 4 is 28.7 Å². The van der Waals surface area contributed by atoms with Gasteiger partial charge in [-0.2, -0.15) is 0 Å². The van der Waals surface area contributed by atoms with Crippen LogP contribution >= 0.6 is 22.9 Å². The maximum Gasteiger partial charge on any atom is 0.177 e. The van der Waals surface area contributed by atoms with Crippen LogP contribution < -0.4 is 5.32 Å². The van der Waals surface area contributed by atoms with Crippen molar-refractivity contribution in [2.75, 3.05) is 13.6 Å². The molecule has 0 saturated heterocycles. The number of likely N-dealkylation sites (N-methyl/N-ethyl adjacent to an activating group) is 1. The van der Waals surface area contributed by atoms with Crippen molar-refractivity contribution in [3.8, 4) is 0 Å². The second-order valence-corrected chi connectivity index (χ2v) is 3.64. The zero-order valence-corrected chi connectivity index (χ0v) is 7.63. The first kappa shape index (κ1) is 8.71. The number of halogens is 1. The Hall–Kier alpha value is -0.380. The molecule has 1 aromatic heterocycles. The van der Waals surface area contributed by atoms with E-state index in [1.807, 2.05) is 0 Å². The summed E-state index contributed by atoms with van der Waals surface area (Å²) < 4.78 is 0.657. The van der Waals surface area contributed by atoms with Crippen molar-refractivity contribution in [3.05, 3.63) is 21.3 Å². The molecule has 4 heteroatoms. The van der Waals surface area contributed by atoms with Crippen LogP contribution in [0.1, 0.15) is 10.4 Å². The molecule has 0 aromatic carbocycles. The molecule has 1 N–H and O–H groups in total. The van der Waals surface area contributed by atoms with Crippen LogP contribution in [0.3, 0.4) is 0 Å². The lowest BCUT2D eigenvalue weighted by Crippen LogP contribution is -2.17. The highest BCUT2D eigenvalue weighted by Crippen LogP contribution is 2.19. The number of nitrogens with one attached hydrogen (secondary N) is 1. The Morgan fingerprint density at radius 2 is 2.55 bits per heavy atom. The quantitative estimate of drug-likeness (QED) is 0.735. The monoisotopic (exact) mass is 189 g/mol. The first-order valence-electron chi connectivity index (χ1n) is 3.16. The van der Waals surface area contributed by atoms with Crippen LogP contribution in [-0.4, -0.2) is 19.4 Å². The molecule has 1 aromatic rings.